The first-order valence-corrected chi connectivity index (χ1v) is 12.5. The number of halogens is 1. The molecule has 2 N–H and O–H groups in total. The highest BCUT2D eigenvalue weighted by Crippen LogP contribution is 2.26. The third-order valence-corrected chi connectivity index (χ3v) is 6.17. The van der Waals surface area contributed by atoms with Crippen LogP contribution in [-0.2, 0) is 26.2 Å². The summed E-state index contributed by atoms with van der Waals surface area (Å²) in [7, 11) is -3.57. The van der Waals surface area contributed by atoms with E-state index in [1.54, 1.807) is 72.8 Å². The average Bonchev–Trinajstić information content (AvgIpc) is 2.78. The summed E-state index contributed by atoms with van der Waals surface area (Å²) in [6, 6.07) is 20.1. The number of anilines is 3. The summed E-state index contributed by atoms with van der Waals surface area (Å²) >= 11 is 6.19. The number of ether oxygens (including phenoxy) is 1. The zero-order chi connectivity index (χ0) is 24.7. The summed E-state index contributed by atoms with van der Waals surface area (Å²) < 4.78 is 31.5. The molecule has 0 radical (unpaired) electrons. The van der Waals surface area contributed by atoms with E-state index in [0.717, 1.165) is 6.26 Å². The maximum Gasteiger partial charge on any atom is 0.262 e. The topological polar surface area (TPSA) is 105 Å². The molecule has 0 saturated heterocycles. The molecule has 3 aromatic carbocycles. The molecule has 0 aliphatic heterocycles. The smallest absolute Gasteiger partial charge is 0.262 e. The number of hydrogen-bond donors (Lipinski definition) is 2. The summed E-state index contributed by atoms with van der Waals surface area (Å²) in [6.45, 7) is 1.27. The highest BCUT2D eigenvalue weighted by atomic mass is 35.5. The van der Waals surface area contributed by atoms with Crippen molar-refractivity contribution < 1.29 is 22.7 Å². The van der Waals surface area contributed by atoms with Crippen LogP contribution in [0.15, 0.2) is 72.8 Å². The van der Waals surface area contributed by atoms with Gasteiger partial charge in [-0.25, -0.2) is 8.42 Å². The van der Waals surface area contributed by atoms with Crippen molar-refractivity contribution in [2.24, 2.45) is 0 Å². The standard InChI is InChI=1S/C24H24ClN3O5S/c1-17(29)26-19-7-9-20(10-8-19)27-24(30)16-33-22-13-11-21(12-14-22)28(34(2,31)32)15-18-5-3-4-6-23(18)25/h3-14H,15-16H2,1-2H3,(H,26,29)(H,27,30). The van der Waals surface area contributed by atoms with Crippen molar-refractivity contribution in [1.82, 2.24) is 0 Å². The quantitative estimate of drug-likeness (QED) is 0.455. The molecule has 178 valence electrons. The zero-order valence-electron chi connectivity index (χ0n) is 18.6. The van der Waals surface area contributed by atoms with Gasteiger partial charge >= 0.3 is 0 Å². The fourth-order valence-electron chi connectivity index (χ4n) is 3.08. The number of benzene rings is 3. The highest BCUT2D eigenvalue weighted by Gasteiger charge is 2.19. The van der Waals surface area contributed by atoms with Crippen molar-refractivity contribution in [1.29, 1.82) is 0 Å². The number of nitrogens with zero attached hydrogens (tertiary/aromatic N) is 1. The van der Waals surface area contributed by atoms with Crippen LogP contribution in [-0.4, -0.2) is 33.1 Å². The number of amides is 2. The average molecular weight is 502 g/mol. The number of sulfonamides is 1. The van der Waals surface area contributed by atoms with Gasteiger partial charge in [-0.15, -0.1) is 0 Å². The lowest BCUT2D eigenvalue weighted by molar-refractivity contribution is -0.118. The third-order valence-electron chi connectivity index (χ3n) is 4.66. The Labute approximate surface area is 203 Å². The van der Waals surface area contributed by atoms with Crippen LogP contribution in [0.2, 0.25) is 5.02 Å². The lowest BCUT2D eigenvalue weighted by atomic mass is 10.2. The van der Waals surface area contributed by atoms with Crippen LogP contribution >= 0.6 is 11.6 Å². The molecule has 0 heterocycles. The molecule has 10 heteroatoms. The summed E-state index contributed by atoms with van der Waals surface area (Å²) in [5.74, 6) is -0.140. The second-order valence-electron chi connectivity index (χ2n) is 7.45. The minimum atomic E-state index is -3.57. The number of nitrogens with one attached hydrogen (secondary N) is 2. The van der Waals surface area contributed by atoms with Gasteiger partial charge in [-0.05, 0) is 60.2 Å². The Balaban J connectivity index is 1.60. The van der Waals surface area contributed by atoms with E-state index in [9.17, 15) is 18.0 Å². The van der Waals surface area contributed by atoms with Crippen LogP contribution in [0, 0.1) is 0 Å². The predicted molar refractivity (Wildman–Crippen MR) is 134 cm³/mol. The summed E-state index contributed by atoms with van der Waals surface area (Å²) in [6.07, 6.45) is 1.13. The molecule has 0 unspecified atom stereocenters. The van der Waals surface area contributed by atoms with Gasteiger partial charge in [0.25, 0.3) is 5.91 Å². The lowest BCUT2D eigenvalue weighted by Gasteiger charge is -2.23. The van der Waals surface area contributed by atoms with Crippen molar-refractivity contribution in [2.45, 2.75) is 13.5 Å². The SMILES string of the molecule is CC(=O)Nc1ccc(NC(=O)COc2ccc(N(Cc3ccccc3Cl)S(C)(=O)=O)cc2)cc1. The van der Waals surface area contributed by atoms with Crippen LogP contribution in [0.4, 0.5) is 17.1 Å². The molecular formula is C24H24ClN3O5S. The summed E-state index contributed by atoms with van der Waals surface area (Å²) in [5, 5.41) is 5.82. The number of carbonyl (C=O) groups is 2. The second-order valence-corrected chi connectivity index (χ2v) is 9.76. The molecule has 0 atom stereocenters. The minimum absolute atomic E-state index is 0.0852. The third kappa shape index (κ3) is 7.23. The molecule has 0 fully saturated rings. The minimum Gasteiger partial charge on any atom is -0.484 e. The first-order valence-electron chi connectivity index (χ1n) is 10.2. The molecule has 0 aliphatic carbocycles. The van der Waals surface area contributed by atoms with Gasteiger partial charge in [-0.2, -0.15) is 0 Å². The second kappa shape index (κ2) is 11.0. The molecule has 34 heavy (non-hydrogen) atoms. The molecule has 2 amide bonds. The van der Waals surface area contributed by atoms with Gasteiger partial charge in [0.1, 0.15) is 5.75 Å². The first-order chi connectivity index (χ1) is 16.1. The van der Waals surface area contributed by atoms with Gasteiger partial charge in [0, 0.05) is 23.3 Å². The van der Waals surface area contributed by atoms with E-state index in [4.69, 9.17) is 16.3 Å². The normalized spacial score (nSPS) is 10.9. The van der Waals surface area contributed by atoms with E-state index in [0.29, 0.717) is 33.4 Å². The van der Waals surface area contributed by atoms with E-state index < -0.39 is 10.0 Å². The van der Waals surface area contributed by atoms with Gasteiger partial charge in [-0.3, -0.25) is 13.9 Å². The number of hydrogen-bond acceptors (Lipinski definition) is 5. The van der Waals surface area contributed by atoms with E-state index in [1.165, 1.54) is 11.2 Å². The molecule has 0 spiro atoms. The molecular weight excluding hydrogens is 478 g/mol. The van der Waals surface area contributed by atoms with Gasteiger partial charge in [0.15, 0.2) is 6.61 Å². The fourth-order valence-corrected chi connectivity index (χ4v) is 4.15. The maximum absolute atomic E-state index is 12.4. The fraction of sp³-hybridized carbons (Fsp3) is 0.167. The predicted octanol–water partition coefficient (Wildman–Crippen LogP) is 4.28. The molecule has 8 nitrogen and oxygen atoms in total. The highest BCUT2D eigenvalue weighted by molar-refractivity contribution is 7.92. The zero-order valence-corrected chi connectivity index (χ0v) is 20.2. The molecule has 0 aromatic heterocycles. The van der Waals surface area contributed by atoms with Crippen LogP contribution in [0.5, 0.6) is 5.75 Å². The Morgan fingerprint density at radius 2 is 1.50 bits per heavy atom. The Hall–Kier alpha value is -3.56. The van der Waals surface area contributed by atoms with Crippen molar-refractivity contribution in [3.63, 3.8) is 0 Å². The van der Waals surface area contributed by atoms with Crippen molar-refractivity contribution in [2.75, 3.05) is 27.8 Å². The largest absolute Gasteiger partial charge is 0.484 e. The number of carbonyl (C=O) groups excluding carboxylic acids is 2. The molecule has 0 aliphatic rings. The van der Waals surface area contributed by atoms with Crippen molar-refractivity contribution >= 4 is 50.5 Å². The first kappa shape index (κ1) is 25.1. The molecule has 3 aromatic rings. The van der Waals surface area contributed by atoms with Gasteiger partial charge in [-0.1, -0.05) is 29.8 Å². The van der Waals surface area contributed by atoms with Crippen molar-refractivity contribution in [3.05, 3.63) is 83.4 Å². The monoisotopic (exact) mass is 501 g/mol. The molecule has 3 rings (SSSR count). The van der Waals surface area contributed by atoms with Gasteiger partial charge in [0.05, 0.1) is 18.5 Å². The van der Waals surface area contributed by atoms with E-state index in [2.05, 4.69) is 10.6 Å². The van der Waals surface area contributed by atoms with Crippen molar-refractivity contribution in [3.8, 4) is 5.75 Å². The molecule has 0 bridgehead atoms. The Kier molecular flexibility index (Phi) is 8.14. The Bertz CT molecular complexity index is 1260. The van der Waals surface area contributed by atoms with Crippen LogP contribution in [0.1, 0.15) is 12.5 Å². The number of rotatable bonds is 9. The van der Waals surface area contributed by atoms with Crippen LogP contribution < -0.4 is 19.7 Å². The van der Waals surface area contributed by atoms with Crippen LogP contribution in [0.25, 0.3) is 0 Å². The Morgan fingerprint density at radius 1 is 0.912 bits per heavy atom. The van der Waals surface area contributed by atoms with E-state index in [1.807, 2.05) is 0 Å². The van der Waals surface area contributed by atoms with E-state index >= 15 is 0 Å². The molecule has 0 saturated carbocycles. The summed E-state index contributed by atoms with van der Waals surface area (Å²) in [5.41, 5.74) is 2.30. The summed E-state index contributed by atoms with van der Waals surface area (Å²) in [4.78, 5) is 23.2. The Morgan fingerprint density at radius 3 is 2.06 bits per heavy atom. The van der Waals surface area contributed by atoms with Crippen LogP contribution in [0.3, 0.4) is 0 Å². The lowest BCUT2D eigenvalue weighted by Crippen LogP contribution is -2.29. The van der Waals surface area contributed by atoms with Gasteiger partial charge in [0.2, 0.25) is 15.9 Å². The maximum atomic E-state index is 12.4. The van der Waals surface area contributed by atoms with Gasteiger partial charge < -0.3 is 15.4 Å². The van der Waals surface area contributed by atoms with E-state index in [-0.39, 0.29) is 25.0 Å².